The van der Waals surface area contributed by atoms with E-state index in [4.69, 9.17) is 11.6 Å². The lowest BCUT2D eigenvalue weighted by Gasteiger charge is -2.13. The van der Waals surface area contributed by atoms with Crippen molar-refractivity contribution in [3.63, 3.8) is 0 Å². The molecule has 0 aromatic carbocycles. The molecule has 0 radical (unpaired) electrons. The van der Waals surface area contributed by atoms with E-state index in [1.807, 2.05) is 13.0 Å². The van der Waals surface area contributed by atoms with Gasteiger partial charge in [0.05, 0.1) is 10.9 Å². The molecule has 1 aromatic rings. The summed E-state index contributed by atoms with van der Waals surface area (Å²) in [6.07, 6.45) is 1.71. The fraction of sp³-hybridized carbons (Fsp3) is 0.667. The molecule has 0 aliphatic heterocycles. The summed E-state index contributed by atoms with van der Waals surface area (Å²) in [6.45, 7) is 8.50. The van der Waals surface area contributed by atoms with Crippen LogP contribution < -0.4 is 10.6 Å². The number of thiophene rings is 1. The lowest BCUT2D eigenvalue weighted by atomic mass is 10.1. The molecule has 0 aliphatic carbocycles. The molecule has 1 unspecified atom stereocenters. The normalized spacial score (nSPS) is 13.5. The zero-order valence-corrected chi connectivity index (χ0v) is 14.6. The first-order valence-corrected chi connectivity index (χ1v) is 8.67. The van der Waals surface area contributed by atoms with Gasteiger partial charge in [-0.1, -0.05) is 25.4 Å². The van der Waals surface area contributed by atoms with Gasteiger partial charge in [0.25, 0.3) is 0 Å². The van der Waals surface area contributed by atoms with Gasteiger partial charge in [0.15, 0.2) is 5.96 Å². The molecule has 0 saturated carbocycles. The van der Waals surface area contributed by atoms with Crippen molar-refractivity contribution < 1.29 is 5.11 Å². The van der Waals surface area contributed by atoms with E-state index >= 15 is 0 Å². The van der Waals surface area contributed by atoms with Gasteiger partial charge in [-0.3, -0.25) is 4.99 Å². The highest BCUT2D eigenvalue weighted by atomic mass is 35.5. The molecule has 1 aromatic heterocycles. The average molecular weight is 332 g/mol. The van der Waals surface area contributed by atoms with Gasteiger partial charge in [-0.05, 0) is 37.8 Å². The predicted octanol–water partition coefficient (Wildman–Crippen LogP) is 3.43. The van der Waals surface area contributed by atoms with Crippen molar-refractivity contribution in [2.45, 2.75) is 39.7 Å². The fourth-order valence-corrected chi connectivity index (χ4v) is 2.87. The van der Waals surface area contributed by atoms with Crippen LogP contribution in [0.2, 0.25) is 4.34 Å². The standard InChI is InChI=1S/C15H26ClN3OS/c1-4-17-15(18-9-5-6-11(2)3)19-10-12(20)13-7-8-14(16)21-13/h7-8,11-12,20H,4-6,9-10H2,1-3H3,(H2,17,18,19). The van der Waals surface area contributed by atoms with Crippen LogP contribution in [0, 0.1) is 5.92 Å². The second-order valence-corrected chi connectivity index (χ2v) is 7.09. The topological polar surface area (TPSA) is 56.7 Å². The number of hydrogen-bond donors (Lipinski definition) is 3. The van der Waals surface area contributed by atoms with E-state index in [0.717, 1.165) is 36.3 Å². The largest absolute Gasteiger partial charge is 0.386 e. The van der Waals surface area contributed by atoms with E-state index in [1.165, 1.54) is 17.8 Å². The highest BCUT2D eigenvalue weighted by molar-refractivity contribution is 7.16. The first kappa shape index (κ1) is 18.3. The Labute approximate surface area is 136 Å². The van der Waals surface area contributed by atoms with Crippen molar-refractivity contribution in [1.29, 1.82) is 0 Å². The van der Waals surface area contributed by atoms with E-state index in [9.17, 15) is 5.11 Å². The van der Waals surface area contributed by atoms with Crippen LogP contribution in [0.4, 0.5) is 0 Å². The Bertz CT molecular complexity index is 434. The minimum Gasteiger partial charge on any atom is -0.386 e. The zero-order chi connectivity index (χ0) is 15.7. The van der Waals surface area contributed by atoms with Crippen LogP contribution in [0.15, 0.2) is 17.1 Å². The zero-order valence-electron chi connectivity index (χ0n) is 13.0. The summed E-state index contributed by atoms with van der Waals surface area (Å²) in [4.78, 5) is 5.27. The van der Waals surface area contributed by atoms with Gasteiger partial charge < -0.3 is 15.7 Å². The van der Waals surface area contributed by atoms with Crippen LogP contribution in [-0.4, -0.2) is 30.7 Å². The van der Waals surface area contributed by atoms with E-state index in [0.29, 0.717) is 10.9 Å². The highest BCUT2D eigenvalue weighted by Crippen LogP contribution is 2.26. The molecule has 3 N–H and O–H groups in total. The number of aliphatic imine (C=N–C) groups is 1. The van der Waals surface area contributed by atoms with Gasteiger partial charge in [-0.25, -0.2) is 0 Å². The van der Waals surface area contributed by atoms with Crippen LogP contribution >= 0.6 is 22.9 Å². The average Bonchev–Trinajstić information content (AvgIpc) is 2.86. The van der Waals surface area contributed by atoms with Gasteiger partial charge in [0.2, 0.25) is 0 Å². The smallest absolute Gasteiger partial charge is 0.191 e. The first-order chi connectivity index (χ1) is 10.0. The van der Waals surface area contributed by atoms with Crippen molar-refractivity contribution in [2.24, 2.45) is 10.9 Å². The van der Waals surface area contributed by atoms with Gasteiger partial charge in [0.1, 0.15) is 6.10 Å². The lowest BCUT2D eigenvalue weighted by molar-refractivity contribution is 0.191. The molecule has 6 heteroatoms. The van der Waals surface area contributed by atoms with Crippen molar-refractivity contribution in [3.05, 3.63) is 21.3 Å². The molecule has 0 bridgehead atoms. The maximum absolute atomic E-state index is 10.1. The monoisotopic (exact) mass is 331 g/mol. The molecule has 4 nitrogen and oxygen atoms in total. The summed E-state index contributed by atoms with van der Waals surface area (Å²) in [6, 6.07) is 3.64. The third-order valence-corrected chi connectivity index (χ3v) is 4.27. The molecule has 0 amide bonds. The van der Waals surface area contributed by atoms with Crippen LogP contribution in [-0.2, 0) is 0 Å². The number of aliphatic hydroxyl groups is 1. The molecular formula is C15H26ClN3OS. The molecule has 1 heterocycles. The Balaban J connectivity index is 2.43. The number of aliphatic hydroxyl groups excluding tert-OH is 1. The lowest BCUT2D eigenvalue weighted by Crippen LogP contribution is -2.38. The fourth-order valence-electron chi connectivity index (χ4n) is 1.83. The third-order valence-electron chi connectivity index (χ3n) is 2.94. The van der Waals surface area contributed by atoms with E-state index in [2.05, 4.69) is 29.5 Å². The third kappa shape index (κ3) is 7.69. The SMILES string of the molecule is CCNC(=NCC(O)c1ccc(Cl)s1)NCCCC(C)C. The molecule has 21 heavy (non-hydrogen) atoms. The Morgan fingerprint density at radius 2 is 2.14 bits per heavy atom. The maximum atomic E-state index is 10.1. The Morgan fingerprint density at radius 3 is 2.71 bits per heavy atom. The number of halogens is 1. The van der Waals surface area contributed by atoms with E-state index in [1.54, 1.807) is 6.07 Å². The Kier molecular flexibility index (Phi) is 8.73. The quantitative estimate of drug-likeness (QED) is 0.388. The summed E-state index contributed by atoms with van der Waals surface area (Å²) in [5, 5.41) is 16.6. The van der Waals surface area contributed by atoms with Gasteiger partial charge in [-0.2, -0.15) is 0 Å². The number of guanidine groups is 1. The molecule has 1 rings (SSSR count). The van der Waals surface area contributed by atoms with Crippen molar-refractivity contribution in [2.75, 3.05) is 19.6 Å². The highest BCUT2D eigenvalue weighted by Gasteiger charge is 2.10. The molecule has 1 atom stereocenters. The number of rotatable bonds is 8. The number of nitrogens with zero attached hydrogens (tertiary/aromatic N) is 1. The second-order valence-electron chi connectivity index (χ2n) is 5.34. The van der Waals surface area contributed by atoms with Gasteiger partial charge >= 0.3 is 0 Å². The summed E-state index contributed by atoms with van der Waals surface area (Å²) in [7, 11) is 0. The van der Waals surface area contributed by atoms with Crippen molar-refractivity contribution in [1.82, 2.24) is 10.6 Å². The molecule has 0 aliphatic rings. The number of hydrogen-bond acceptors (Lipinski definition) is 3. The van der Waals surface area contributed by atoms with Crippen LogP contribution in [0.3, 0.4) is 0 Å². The van der Waals surface area contributed by atoms with E-state index in [-0.39, 0.29) is 0 Å². The Hall–Kier alpha value is -0.780. The molecule has 0 spiro atoms. The molecule has 120 valence electrons. The molecule has 0 saturated heterocycles. The minimum atomic E-state index is -0.603. The summed E-state index contributed by atoms with van der Waals surface area (Å²) < 4.78 is 0.687. The minimum absolute atomic E-state index is 0.330. The van der Waals surface area contributed by atoms with Crippen molar-refractivity contribution >= 4 is 28.9 Å². The Morgan fingerprint density at radius 1 is 1.38 bits per heavy atom. The summed E-state index contributed by atoms with van der Waals surface area (Å²) in [5.41, 5.74) is 0. The van der Waals surface area contributed by atoms with E-state index < -0.39 is 6.10 Å². The predicted molar refractivity (Wildman–Crippen MR) is 92.3 cm³/mol. The van der Waals surface area contributed by atoms with Crippen LogP contribution in [0.5, 0.6) is 0 Å². The molecule has 0 fully saturated rings. The first-order valence-electron chi connectivity index (χ1n) is 7.48. The van der Waals surface area contributed by atoms with Crippen LogP contribution in [0.1, 0.15) is 44.6 Å². The summed E-state index contributed by atoms with van der Waals surface area (Å²) >= 11 is 7.26. The summed E-state index contributed by atoms with van der Waals surface area (Å²) in [5.74, 6) is 1.47. The second kappa shape index (κ2) is 10.0. The van der Waals surface area contributed by atoms with Gasteiger partial charge in [-0.15, -0.1) is 11.3 Å². The van der Waals surface area contributed by atoms with Gasteiger partial charge in [0, 0.05) is 18.0 Å². The number of nitrogens with one attached hydrogen (secondary N) is 2. The maximum Gasteiger partial charge on any atom is 0.191 e. The van der Waals surface area contributed by atoms with Crippen molar-refractivity contribution in [3.8, 4) is 0 Å². The molecular weight excluding hydrogens is 306 g/mol. The van der Waals surface area contributed by atoms with Crippen LogP contribution in [0.25, 0.3) is 0 Å².